The van der Waals surface area contributed by atoms with Crippen molar-refractivity contribution in [1.29, 1.82) is 0 Å². The van der Waals surface area contributed by atoms with Crippen LogP contribution >= 0.6 is 11.3 Å². The number of hydrogen-bond acceptors (Lipinski definition) is 5. The van der Waals surface area contributed by atoms with Gasteiger partial charge in [0.2, 0.25) is 0 Å². The minimum absolute atomic E-state index is 0.0218. The van der Waals surface area contributed by atoms with Crippen LogP contribution in [0.4, 0.5) is 5.00 Å². The Kier molecular flexibility index (Phi) is 4.73. The molecule has 2 aromatic carbocycles. The second kappa shape index (κ2) is 7.54. The second-order valence-electron chi connectivity index (χ2n) is 7.48. The lowest BCUT2D eigenvalue weighted by atomic mass is 10.00. The highest BCUT2D eigenvalue weighted by Gasteiger charge is 2.33. The van der Waals surface area contributed by atoms with Gasteiger partial charge in [-0.2, -0.15) is 0 Å². The molecule has 0 radical (unpaired) electrons. The van der Waals surface area contributed by atoms with Crippen molar-refractivity contribution >= 4 is 22.2 Å². The van der Waals surface area contributed by atoms with E-state index in [1.807, 2.05) is 24.3 Å². The maximum atomic E-state index is 12.9. The molecule has 0 saturated carbocycles. The van der Waals surface area contributed by atoms with Crippen LogP contribution < -0.4 is 15.4 Å². The van der Waals surface area contributed by atoms with Gasteiger partial charge < -0.3 is 15.4 Å². The molecular weight excluding hydrogens is 382 g/mol. The third-order valence-corrected chi connectivity index (χ3v) is 6.76. The van der Waals surface area contributed by atoms with Gasteiger partial charge in [-0.05, 0) is 35.2 Å². The van der Waals surface area contributed by atoms with Crippen LogP contribution in [-0.2, 0) is 19.5 Å². The van der Waals surface area contributed by atoms with E-state index < -0.39 is 0 Å². The molecule has 3 aromatic rings. The van der Waals surface area contributed by atoms with Crippen LogP contribution in [0.5, 0.6) is 5.75 Å². The van der Waals surface area contributed by atoms with Gasteiger partial charge in [-0.25, -0.2) is 0 Å². The third-order valence-electron chi connectivity index (χ3n) is 5.61. The number of benzene rings is 2. The number of methoxy groups -OCH3 is 1. The number of carbonyl (C=O) groups is 1. The van der Waals surface area contributed by atoms with Crippen LogP contribution in [0.2, 0.25) is 0 Å². The van der Waals surface area contributed by atoms with Gasteiger partial charge in [0, 0.05) is 24.5 Å². The quantitative estimate of drug-likeness (QED) is 0.684. The van der Waals surface area contributed by atoms with Gasteiger partial charge >= 0.3 is 0 Å². The van der Waals surface area contributed by atoms with Crippen LogP contribution in [0.1, 0.15) is 38.1 Å². The predicted octanol–water partition coefficient (Wildman–Crippen LogP) is 4.17. The van der Waals surface area contributed by atoms with Crippen LogP contribution in [0, 0.1) is 0 Å². The van der Waals surface area contributed by atoms with Crippen molar-refractivity contribution in [3.8, 4) is 5.75 Å². The molecule has 3 heterocycles. The van der Waals surface area contributed by atoms with E-state index in [2.05, 4.69) is 45.9 Å². The molecule has 1 amide bonds. The Morgan fingerprint density at radius 2 is 1.90 bits per heavy atom. The average Bonchev–Trinajstić information content (AvgIpc) is 3.12. The van der Waals surface area contributed by atoms with E-state index in [9.17, 15) is 4.79 Å². The number of rotatable bonds is 4. The van der Waals surface area contributed by atoms with Crippen LogP contribution in [-0.4, -0.2) is 24.5 Å². The van der Waals surface area contributed by atoms with Crippen molar-refractivity contribution in [2.45, 2.75) is 25.7 Å². The zero-order chi connectivity index (χ0) is 19.8. The summed E-state index contributed by atoms with van der Waals surface area (Å²) in [7, 11) is 1.65. The van der Waals surface area contributed by atoms with E-state index in [-0.39, 0.29) is 12.1 Å². The fraction of sp³-hybridized carbons (Fsp3) is 0.261. The topological polar surface area (TPSA) is 53.6 Å². The molecule has 0 aliphatic carbocycles. The molecule has 5 rings (SSSR count). The molecule has 1 atom stereocenters. The second-order valence-corrected chi connectivity index (χ2v) is 8.58. The minimum Gasteiger partial charge on any atom is -0.497 e. The van der Waals surface area contributed by atoms with Crippen LogP contribution in [0.3, 0.4) is 0 Å². The number of fused-ring (bicyclic) bond motifs is 3. The average molecular weight is 406 g/mol. The summed E-state index contributed by atoms with van der Waals surface area (Å²) in [5.74, 6) is 0.829. The summed E-state index contributed by atoms with van der Waals surface area (Å²) >= 11 is 1.72. The number of nitrogens with one attached hydrogen (secondary N) is 2. The molecule has 5 nitrogen and oxygen atoms in total. The van der Waals surface area contributed by atoms with Crippen LogP contribution in [0.15, 0.2) is 54.6 Å². The normalized spacial score (nSPS) is 18.4. The van der Waals surface area contributed by atoms with Gasteiger partial charge in [0.25, 0.3) is 5.91 Å². The summed E-state index contributed by atoms with van der Waals surface area (Å²) in [5.41, 5.74) is 4.40. The Labute approximate surface area is 174 Å². The molecule has 0 saturated heterocycles. The summed E-state index contributed by atoms with van der Waals surface area (Å²) in [6.07, 6.45) is 0.692. The standard InChI is InChI=1S/C23H23N3O2S/c1-28-17-9-7-16(8-10-17)21-24-22(27)20-18-11-12-26(13-15-5-3-2-4-6-15)14-19(18)29-23(20)25-21/h2-10,21,25H,11-14H2,1H3,(H,24,27)/t21-/m1/s1. The first-order valence-corrected chi connectivity index (χ1v) is 10.6. The lowest BCUT2D eigenvalue weighted by Crippen LogP contribution is -2.38. The maximum absolute atomic E-state index is 12.9. The summed E-state index contributed by atoms with van der Waals surface area (Å²) < 4.78 is 5.23. The number of carbonyl (C=O) groups excluding carboxylic acids is 1. The van der Waals surface area contributed by atoms with Crippen molar-refractivity contribution in [2.24, 2.45) is 0 Å². The fourth-order valence-corrected chi connectivity index (χ4v) is 5.42. The summed E-state index contributed by atoms with van der Waals surface area (Å²) in [4.78, 5) is 16.7. The molecule has 2 aliphatic rings. The molecule has 1 aromatic heterocycles. The van der Waals surface area contributed by atoms with Crippen molar-refractivity contribution in [3.05, 3.63) is 81.7 Å². The monoisotopic (exact) mass is 405 g/mol. The van der Waals surface area contributed by atoms with Gasteiger partial charge in [-0.3, -0.25) is 9.69 Å². The van der Waals surface area contributed by atoms with Crippen LogP contribution in [0.25, 0.3) is 0 Å². The molecule has 2 aliphatic heterocycles. The summed E-state index contributed by atoms with van der Waals surface area (Å²) in [6.45, 7) is 2.81. The molecule has 0 unspecified atom stereocenters. The van der Waals surface area contributed by atoms with Crippen molar-refractivity contribution in [1.82, 2.24) is 10.2 Å². The third kappa shape index (κ3) is 3.50. The number of anilines is 1. The van der Waals surface area contributed by atoms with Gasteiger partial charge in [-0.1, -0.05) is 42.5 Å². The molecule has 2 N–H and O–H groups in total. The molecule has 29 heavy (non-hydrogen) atoms. The number of amides is 1. The first-order valence-electron chi connectivity index (χ1n) is 9.83. The van der Waals surface area contributed by atoms with E-state index in [1.165, 1.54) is 16.0 Å². The molecule has 0 bridgehead atoms. The SMILES string of the molecule is COc1ccc([C@@H]2NC(=O)c3c(sc4c3CCN(Cc3ccccc3)C4)N2)cc1. The zero-order valence-corrected chi connectivity index (χ0v) is 17.1. The maximum Gasteiger partial charge on any atom is 0.256 e. The Bertz CT molecular complexity index is 1030. The Hall–Kier alpha value is -2.83. The lowest BCUT2D eigenvalue weighted by Gasteiger charge is -2.28. The zero-order valence-electron chi connectivity index (χ0n) is 16.3. The van der Waals surface area contributed by atoms with Gasteiger partial charge in [0.15, 0.2) is 0 Å². The van der Waals surface area contributed by atoms with Crippen molar-refractivity contribution < 1.29 is 9.53 Å². The number of ether oxygens (including phenoxy) is 1. The van der Waals surface area contributed by atoms with Gasteiger partial charge in [-0.15, -0.1) is 11.3 Å². The number of thiophene rings is 1. The Morgan fingerprint density at radius 3 is 2.66 bits per heavy atom. The van der Waals surface area contributed by atoms with E-state index in [4.69, 9.17) is 4.74 Å². The van der Waals surface area contributed by atoms with E-state index >= 15 is 0 Å². The highest BCUT2D eigenvalue weighted by atomic mass is 32.1. The highest BCUT2D eigenvalue weighted by molar-refractivity contribution is 7.16. The first-order chi connectivity index (χ1) is 14.2. The Morgan fingerprint density at radius 1 is 1.10 bits per heavy atom. The number of nitrogens with zero attached hydrogens (tertiary/aromatic N) is 1. The largest absolute Gasteiger partial charge is 0.497 e. The highest BCUT2D eigenvalue weighted by Crippen LogP contribution is 2.41. The molecule has 6 heteroatoms. The first kappa shape index (κ1) is 18.2. The van der Waals surface area contributed by atoms with Crippen molar-refractivity contribution in [2.75, 3.05) is 19.0 Å². The molecule has 0 spiro atoms. The number of hydrogen-bond donors (Lipinski definition) is 2. The Balaban J connectivity index is 1.36. The van der Waals surface area contributed by atoms with E-state index in [0.717, 1.165) is 47.9 Å². The van der Waals surface area contributed by atoms with Crippen molar-refractivity contribution in [3.63, 3.8) is 0 Å². The smallest absolute Gasteiger partial charge is 0.256 e. The molecular formula is C23H23N3O2S. The van der Waals surface area contributed by atoms with Gasteiger partial charge in [0.05, 0.1) is 12.7 Å². The molecule has 148 valence electrons. The predicted molar refractivity (Wildman–Crippen MR) is 115 cm³/mol. The summed E-state index contributed by atoms with van der Waals surface area (Å²) in [6, 6.07) is 18.4. The summed E-state index contributed by atoms with van der Waals surface area (Å²) in [5, 5.41) is 7.63. The van der Waals surface area contributed by atoms with E-state index in [1.54, 1.807) is 18.4 Å². The van der Waals surface area contributed by atoms with E-state index in [0.29, 0.717) is 0 Å². The van der Waals surface area contributed by atoms with Gasteiger partial charge in [0.1, 0.15) is 16.9 Å². The fourth-order valence-electron chi connectivity index (χ4n) is 4.11. The molecule has 0 fully saturated rings. The minimum atomic E-state index is -0.221. The lowest BCUT2D eigenvalue weighted by molar-refractivity contribution is 0.0934.